The van der Waals surface area contributed by atoms with Crippen LogP contribution in [0.15, 0.2) is 91.0 Å². The van der Waals surface area contributed by atoms with Gasteiger partial charge in [0.15, 0.2) is 6.10 Å². The van der Waals surface area contributed by atoms with Crippen molar-refractivity contribution in [3.8, 4) is 0 Å². The Balaban J connectivity index is 2.11. The Kier molecular flexibility index (Phi) is 14.2. The van der Waals surface area contributed by atoms with Gasteiger partial charge in [0.1, 0.15) is 23.9 Å². The molecule has 0 N–H and O–H groups in total. The molecule has 4 atom stereocenters. The molecule has 0 saturated carbocycles. The molecule has 0 radical (unpaired) electrons. The van der Waals surface area contributed by atoms with E-state index < -0.39 is 36.0 Å². The Hall–Kier alpha value is -3.07. The van der Waals surface area contributed by atoms with Crippen LogP contribution in [0.2, 0.25) is 0 Å². The molecule has 0 spiro atoms. The van der Waals surface area contributed by atoms with E-state index in [1.165, 1.54) is 0 Å². The minimum absolute atomic E-state index is 0.141. The van der Waals surface area contributed by atoms with E-state index >= 15 is 0 Å². The van der Waals surface area contributed by atoms with E-state index in [9.17, 15) is 4.79 Å². The molecule has 3 aromatic rings. The maximum Gasteiger partial charge on any atom is 0.338 e. The van der Waals surface area contributed by atoms with Crippen molar-refractivity contribution in [1.29, 1.82) is 0 Å². The van der Waals surface area contributed by atoms with Crippen LogP contribution in [0.5, 0.6) is 0 Å². The molecular weight excluding hydrogens is 532 g/mol. The fourth-order valence-electron chi connectivity index (χ4n) is 5.28. The summed E-state index contributed by atoms with van der Waals surface area (Å²) in [5.74, 6) is -0.495. The second-order valence-corrected chi connectivity index (χ2v) is 9.55. The molecule has 0 aliphatic heterocycles. The first-order valence-corrected chi connectivity index (χ1v) is 15.0. The molecule has 0 amide bonds. The highest BCUT2D eigenvalue weighted by molar-refractivity contribution is 5.75. The lowest BCUT2D eigenvalue weighted by atomic mass is 9.80. The van der Waals surface area contributed by atoms with Gasteiger partial charge in [-0.3, -0.25) is 0 Å². The van der Waals surface area contributed by atoms with Crippen molar-refractivity contribution in [1.82, 2.24) is 0 Å². The van der Waals surface area contributed by atoms with Gasteiger partial charge in [-0.1, -0.05) is 91.0 Å². The summed E-state index contributed by atoms with van der Waals surface area (Å²) in [6, 6.07) is 30.5. The number of carbonyl (C=O) groups excluding carboxylic acids is 1. The van der Waals surface area contributed by atoms with E-state index in [0.29, 0.717) is 26.4 Å². The highest BCUT2D eigenvalue weighted by Gasteiger charge is 2.44. The maximum absolute atomic E-state index is 13.1. The second kappa shape index (κ2) is 17.8. The number of carbonyl (C=O) groups is 1. The summed E-state index contributed by atoms with van der Waals surface area (Å²) in [5.41, 5.74) is 1.99. The zero-order chi connectivity index (χ0) is 30.2. The third-order valence-corrected chi connectivity index (χ3v) is 6.96. The molecule has 228 valence electrons. The van der Waals surface area contributed by atoms with Crippen LogP contribution in [0, 0.1) is 0 Å². The van der Waals surface area contributed by atoms with Crippen molar-refractivity contribution < 1.29 is 33.2 Å². The molecule has 7 heteroatoms. The van der Waals surface area contributed by atoms with Crippen LogP contribution in [-0.2, 0) is 38.8 Å². The molecule has 0 saturated heterocycles. The second-order valence-electron chi connectivity index (χ2n) is 9.55. The molecule has 3 rings (SSSR count). The van der Waals surface area contributed by atoms with Crippen LogP contribution >= 0.6 is 0 Å². The zero-order valence-electron chi connectivity index (χ0n) is 25.6. The molecule has 0 unspecified atom stereocenters. The summed E-state index contributed by atoms with van der Waals surface area (Å²) in [5, 5.41) is 0. The quantitative estimate of drug-likeness (QED) is 0.124. The molecule has 7 nitrogen and oxygen atoms in total. The number of hydrogen-bond donors (Lipinski definition) is 0. The molecule has 0 aliphatic carbocycles. The average molecular weight is 579 g/mol. The van der Waals surface area contributed by atoms with Crippen LogP contribution in [0.25, 0.3) is 0 Å². The average Bonchev–Trinajstić information content (AvgIpc) is 3.03. The van der Waals surface area contributed by atoms with Crippen LogP contribution in [0.3, 0.4) is 0 Å². The maximum atomic E-state index is 13.1. The van der Waals surface area contributed by atoms with Crippen LogP contribution in [0.1, 0.15) is 51.3 Å². The monoisotopic (exact) mass is 578 g/mol. The van der Waals surface area contributed by atoms with E-state index in [0.717, 1.165) is 16.7 Å². The zero-order valence-corrected chi connectivity index (χ0v) is 25.6. The summed E-state index contributed by atoms with van der Waals surface area (Å²) >= 11 is 0. The van der Waals surface area contributed by atoms with Crippen molar-refractivity contribution in [2.45, 2.75) is 64.6 Å². The van der Waals surface area contributed by atoms with Gasteiger partial charge in [0, 0.05) is 26.4 Å². The predicted molar refractivity (Wildman–Crippen MR) is 163 cm³/mol. The first kappa shape index (κ1) is 33.4. The molecule has 0 aliphatic rings. The van der Waals surface area contributed by atoms with Crippen molar-refractivity contribution in [3.63, 3.8) is 0 Å². The topological polar surface area (TPSA) is 72.5 Å². The molecule has 0 bridgehead atoms. The Bertz CT molecular complexity index is 1040. The summed E-state index contributed by atoms with van der Waals surface area (Å²) in [6.45, 7) is 11.1. The van der Waals surface area contributed by atoms with Crippen molar-refractivity contribution >= 4 is 5.97 Å². The van der Waals surface area contributed by atoms with Crippen LogP contribution < -0.4 is 0 Å². The number of hydrogen-bond acceptors (Lipinski definition) is 7. The smallest absolute Gasteiger partial charge is 0.338 e. The summed E-state index contributed by atoms with van der Waals surface area (Å²) in [4.78, 5) is 13.1. The van der Waals surface area contributed by atoms with Crippen molar-refractivity contribution in [2.75, 3.05) is 39.6 Å². The summed E-state index contributed by atoms with van der Waals surface area (Å²) in [6.07, 6.45) is -3.06. The highest BCUT2D eigenvalue weighted by Crippen LogP contribution is 2.41. The van der Waals surface area contributed by atoms with Crippen molar-refractivity contribution in [3.05, 3.63) is 108 Å². The highest BCUT2D eigenvalue weighted by atomic mass is 16.6. The van der Waals surface area contributed by atoms with Gasteiger partial charge >= 0.3 is 5.97 Å². The number of benzene rings is 3. The minimum Gasteiger partial charge on any atom is -0.464 e. The lowest BCUT2D eigenvalue weighted by Crippen LogP contribution is -2.54. The Labute approximate surface area is 251 Å². The van der Waals surface area contributed by atoms with Crippen LogP contribution in [0.4, 0.5) is 0 Å². The SMILES string of the molecule is CCOC(=O)[C@H](OCC)[C@@H](OCC)[C@H](OCC)[C@@H](COC(c1ccccc1)(c1ccccc1)c1ccccc1)OCC. The lowest BCUT2D eigenvalue weighted by Gasteiger charge is -2.40. The molecule has 42 heavy (non-hydrogen) atoms. The fraction of sp³-hybridized carbons (Fsp3) is 0.457. The third-order valence-electron chi connectivity index (χ3n) is 6.96. The molecule has 0 heterocycles. The van der Waals surface area contributed by atoms with Crippen molar-refractivity contribution in [2.24, 2.45) is 0 Å². The molecule has 3 aromatic carbocycles. The van der Waals surface area contributed by atoms with Gasteiger partial charge in [-0.25, -0.2) is 4.79 Å². The van der Waals surface area contributed by atoms with E-state index in [4.69, 9.17) is 28.4 Å². The number of rotatable bonds is 19. The van der Waals surface area contributed by atoms with E-state index in [2.05, 4.69) is 36.4 Å². The Morgan fingerprint density at radius 1 is 0.571 bits per heavy atom. The number of esters is 1. The first-order valence-electron chi connectivity index (χ1n) is 15.0. The predicted octanol–water partition coefficient (Wildman–Crippen LogP) is 6.18. The Morgan fingerprint density at radius 2 is 1.00 bits per heavy atom. The molecule has 0 aromatic heterocycles. The van der Waals surface area contributed by atoms with Gasteiger partial charge in [-0.2, -0.15) is 0 Å². The third kappa shape index (κ3) is 8.27. The van der Waals surface area contributed by atoms with Gasteiger partial charge in [0.2, 0.25) is 0 Å². The van der Waals surface area contributed by atoms with Gasteiger partial charge < -0.3 is 28.4 Å². The van der Waals surface area contributed by atoms with Gasteiger partial charge in [0.25, 0.3) is 0 Å². The largest absolute Gasteiger partial charge is 0.464 e. The van der Waals surface area contributed by atoms with E-state index in [1.54, 1.807) is 6.92 Å². The standard InChI is InChI=1S/C35H46O7/c1-6-37-30(31(38-7-2)32(39-8-3)33(40-9-4)34(36)41-10-5)26-42-35(27-20-14-11-15-21-27,28-22-16-12-17-23-28)29-24-18-13-19-25-29/h11-25,30-33H,6-10,26H2,1-5H3/t30-,31-,32+,33-/m1/s1. The van der Waals surface area contributed by atoms with Gasteiger partial charge in [0.05, 0.1) is 13.2 Å². The van der Waals surface area contributed by atoms with Gasteiger partial charge in [-0.05, 0) is 51.3 Å². The lowest BCUT2D eigenvalue weighted by molar-refractivity contribution is -0.202. The van der Waals surface area contributed by atoms with E-state index in [-0.39, 0.29) is 13.2 Å². The minimum atomic E-state index is -0.989. The Morgan fingerprint density at radius 3 is 1.40 bits per heavy atom. The summed E-state index contributed by atoms with van der Waals surface area (Å²) < 4.78 is 37.1. The van der Waals surface area contributed by atoms with Crippen LogP contribution in [-0.4, -0.2) is 70.0 Å². The molecular formula is C35H46O7. The summed E-state index contributed by atoms with van der Waals surface area (Å²) in [7, 11) is 0. The fourth-order valence-corrected chi connectivity index (χ4v) is 5.28. The molecule has 0 fully saturated rings. The normalized spacial score (nSPS) is 14.6. The first-order chi connectivity index (χ1) is 20.6. The number of ether oxygens (including phenoxy) is 6. The van der Waals surface area contributed by atoms with Gasteiger partial charge in [-0.15, -0.1) is 0 Å². The van der Waals surface area contributed by atoms with E-state index in [1.807, 2.05) is 82.3 Å².